The van der Waals surface area contributed by atoms with Gasteiger partial charge in [0.05, 0.1) is 38.8 Å². The van der Waals surface area contributed by atoms with Crippen molar-refractivity contribution in [1.82, 2.24) is 13.7 Å². The van der Waals surface area contributed by atoms with Gasteiger partial charge in [0.1, 0.15) is 0 Å². The Bertz CT molecular complexity index is 5630. The first-order chi connectivity index (χ1) is 43.9. The third-order valence-electron chi connectivity index (χ3n) is 19.2. The molecule has 14 aromatic carbocycles. The minimum absolute atomic E-state index is 0.294. The smallest absolute Gasteiger partial charge is 0.0541 e. The zero-order valence-electron chi connectivity index (χ0n) is 49.3. The molecular formula is C85H58N4. The molecule has 0 saturated heterocycles. The van der Waals surface area contributed by atoms with Crippen LogP contribution >= 0.6 is 0 Å². The summed E-state index contributed by atoms with van der Waals surface area (Å²) in [7, 11) is 0. The summed E-state index contributed by atoms with van der Waals surface area (Å²) >= 11 is 0. The average Bonchev–Trinajstić information content (AvgIpc) is 3.33. The van der Waals surface area contributed by atoms with Crippen molar-refractivity contribution in [2.75, 3.05) is 4.90 Å². The summed E-state index contributed by atoms with van der Waals surface area (Å²) < 4.78 is 7.21. The molecule has 17 aromatic rings. The molecule has 0 saturated carbocycles. The number of rotatable bonds is 9. The fourth-order valence-corrected chi connectivity index (χ4v) is 15.0. The molecule has 4 heteroatoms. The highest BCUT2D eigenvalue weighted by Gasteiger charge is 2.37. The molecule has 0 N–H and O–H groups in total. The molecule has 0 radical (unpaired) electrons. The number of benzene rings is 14. The molecule has 418 valence electrons. The number of hydrogen-bond acceptors (Lipinski definition) is 1. The summed E-state index contributed by atoms with van der Waals surface area (Å²) in [5.74, 6) is 0. The molecule has 3 aromatic heterocycles. The predicted molar refractivity (Wildman–Crippen MR) is 376 cm³/mol. The molecule has 89 heavy (non-hydrogen) atoms. The van der Waals surface area contributed by atoms with E-state index in [-0.39, 0.29) is 5.41 Å². The molecular weight excluding hydrogens is 1080 g/mol. The van der Waals surface area contributed by atoms with Gasteiger partial charge in [-0.2, -0.15) is 0 Å². The van der Waals surface area contributed by atoms with Crippen molar-refractivity contribution >= 4 is 93.3 Å². The first-order valence-electron chi connectivity index (χ1n) is 30.9. The van der Waals surface area contributed by atoms with Crippen molar-refractivity contribution in [1.29, 1.82) is 0 Å². The second-order valence-corrected chi connectivity index (χ2v) is 24.4. The Morgan fingerprint density at radius 3 is 1.16 bits per heavy atom. The quantitative estimate of drug-likeness (QED) is 0.141. The standard InChI is InChI=1S/C85H58N4/c1-85(2)76-53-63(43-45-67(76)68-46-44-64(54-77(68)85)89-78-29-15-11-25-70(78)71-26-12-16-30-79(71)89)86(82-50-47-65(66-23-9-10-24-69(66)82)59-40-49-84-75(52-59)73-28-14-18-32-81(73)88(84)61-21-7-4-8-22-61)62-41-37-56(38-42-62)55-33-35-57(36-34-55)58-39-48-83-74(51-58)72-27-13-17-31-80(72)87(83)60-19-5-3-6-20-60/h3-54H,1-2H3. The second kappa shape index (κ2) is 19.8. The van der Waals surface area contributed by atoms with Crippen LogP contribution in [0.2, 0.25) is 0 Å². The lowest BCUT2D eigenvalue weighted by Crippen LogP contribution is -2.17. The monoisotopic (exact) mass is 1130 g/mol. The molecule has 1 aliphatic rings. The highest BCUT2D eigenvalue weighted by atomic mass is 15.1. The molecule has 4 nitrogen and oxygen atoms in total. The fraction of sp³-hybridized carbons (Fsp3) is 0.0353. The van der Waals surface area contributed by atoms with Gasteiger partial charge in [0.25, 0.3) is 0 Å². The lowest BCUT2D eigenvalue weighted by Gasteiger charge is -2.29. The van der Waals surface area contributed by atoms with Crippen molar-refractivity contribution in [3.8, 4) is 61.6 Å². The summed E-state index contributed by atoms with van der Waals surface area (Å²) in [4.78, 5) is 2.49. The molecule has 3 heterocycles. The van der Waals surface area contributed by atoms with Crippen molar-refractivity contribution in [2.24, 2.45) is 0 Å². The molecule has 0 aliphatic heterocycles. The van der Waals surface area contributed by atoms with Crippen molar-refractivity contribution in [3.63, 3.8) is 0 Å². The van der Waals surface area contributed by atoms with E-state index in [9.17, 15) is 0 Å². The number of para-hydroxylation sites is 6. The van der Waals surface area contributed by atoms with Gasteiger partial charge in [-0.3, -0.25) is 0 Å². The van der Waals surface area contributed by atoms with Gasteiger partial charge >= 0.3 is 0 Å². The van der Waals surface area contributed by atoms with E-state index in [0.29, 0.717) is 0 Å². The third-order valence-corrected chi connectivity index (χ3v) is 19.2. The molecule has 0 bridgehead atoms. The van der Waals surface area contributed by atoms with Crippen molar-refractivity contribution in [2.45, 2.75) is 19.3 Å². The maximum Gasteiger partial charge on any atom is 0.0541 e. The van der Waals surface area contributed by atoms with E-state index >= 15 is 0 Å². The largest absolute Gasteiger partial charge is 0.310 e. The number of hydrogen-bond donors (Lipinski definition) is 0. The van der Waals surface area contributed by atoms with Crippen LogP contribution in [0.4, 0.5) is 17.1 Å². The number of fused-ring (bicyclic) bond motifs is 13. The lowest BCUT2D eigenvalue weighted by molar-refractivity contribution is 0.660. The zero-order valence-corrected chi connectivity index (χ0v) is 49.3. The number of aromatic nitrogens is 3. The number of anilines is 3. The zero-order chi connectivity index (χ0) is 58.9. The van der Waals surface area contributed by atoms with E-state index in [4.69, 9.17) is 0 Å². The van der Waals surface area contributed by atoms with Gasteiger partial charge in [0, 0.05) is 71.6 Å². The van der Waals surface area contributed by atoms with Crippen LogP contribution in [0.1, 0.15) is 25.0 Å². The maximum absolute atomic E-state index is 2.49. The Morgan fingerprint density at radius 1 is 0.236 bits per heavy atom. The maximum atomic E-state index is 2.49. The highest BCUT2D eigenvalue weighted by Crippen LogP contribution is 2.53. The molecule has 0 spiro atoms. The van der Waals surface area contributed by atoms with Crippen LogP contribution in [0, 0.1) is 0 Å². The molecule has 1 aliphatic carbocycles. The lowest BCUT2D eigenvalue weighted by atomic mass is 9.82. The normalized spacial score (nSPS) is 12.7. The van der Waals surface area contributed by atoms with E-state index in [0.717, 1.165) is 28.3 Å². The molecule has 0 amide bonds. The highest BCUT2D eigenvalue weighted by molar-refractivity contribution is 6.14. The topological polar surface area (TPSA) is 18.0 Å². The average molecular weight is 1140 g/mol. The summed E-state index contributed by atoms with van der Waals surface area (Å²) in [6.07, 6.45) is 0. The Kier molecular flexibility index (Phi) is 11.3. The summed E-state index contributed by atoms with van der Waals surface area (Å²) in [6, 6.07) is 117. The predicted octanol–water partition coefficient (Wildman–Crippen LogP) is 22.9. The molecule has 0 fully saturated rings. The van der Waals surface area contributed by atoms with Gasteiger partial charge in [-0.25, -0.2) is 0 Å². The first-order valence-corrected chi connectivity index (χ1v) is 30.9. The van der Waals surface area contributed by atoms with E-state index in [1.165, 1.54) is 138 Å². The Hall–Kier alpha value is -11.5. The SMILES string of the molecule is CC1(C)c2cc(N(c3ccc(-c4ccc(-c5ccc6c(c5)c5ccccc5n6-c5ccccc5)cc4)cc3)c3ccc(-c4ccc5c(c4)c4ccccc4n5-c4ccccc4)c4ccccc34)ccc2-c2ccc(-n3c4ccccc4c4ccccc43)cc21. The molecule has 18 rings (SSSR count). The Balaban J connectivity index is 0.745. The van der Waals surface area contributed by atoms with E-state index in [1.54, 1.807) is 0 Å². The number of nitrogens with zero attached hydrogens (tertiary/aromatic N) is 4. The Labute approximate surface area is 516 Å². The van der Waals surface area contributed by atoms with Crippen LogP contribution < -0.4 is 4.90 Å². The van der Waals surface area contributed by atoms with Crippen molar-refractivity contribution in [3.05, 3.63) is 327 Å². The molecule has 0 unspecified atom stereocenters. The van der Waals surface area contributed by atoms with Crippen LogP contribution in [-0.4, -0.2) is 13.7 Å². The minimum atomic E-state index is -0.294. The van der Waals surface area contributed by atoms with Gasteiger partial charge < -0.3 is 18.6 Å². The fourth-order valence-electron chi connectivity index (χ4n) is 15.0. The molecule has 0 atom stereocenters. The van der Waals surface area contributed by atoms with Gasteiger partial charge in [-0.1, -0.05) is 214 Å². The van der Waals surface area contributed by atoms with Crippen LogP contribution in [0.3, 0.4) is 0 Å². The van der Waals surface area contributed by atoms with Crippen LogP contribution in [-0.2, 0) is 5.41 Å². The van der Waals surface area contributed by atoms with Gasteiger partial charge in [-0.05, 0) is 176 Å². The van der Waals surface area contributed by atoms with E-state index in [2.05, 4.69) is 348 Å². The third kappa shape index (κ3) is 7.86. The van der Waals surface area contributed by atoms with Crippen molar-refractivity contribution < 1.29 is 0 Å². The van der Waals surface area contributed by atoms with E-state index in [1.807, 2.05) is 0 Å². The second-order valence-electron chi connectivity index (χ2n) is 24.4. The minimum Gasteiger partial charge on any atom is -0.310 e. The first kappa shape index (κ1) is 50.8. The van der Waals surface area contributed by atoms with Crippen LogP contribution in [0.5, 0.6) is 0 Å². The van der Waals surface area contributed by atoms with Gasteiger partial charge in [0.15, 0.2) is 0 Å². The summed E-state index contributed by atoms with van der Waals surface area (Å²) in [5.41, 5.74) is 26.1. The van der Waals surface area contributed by atoms with E-state index < -0.39 is 0 Å². The summed E-state index contributed by atoms with van der Waals surface area (Å²) in [5, 5.41) is 9.90. The van der Waals surface area contributed by atoms with Crippen LogP contribution in [0.15, 0.2) is 315 Å². The summed E-state index contributed by atoms with van der Waals surface area (Å²) in [6.45, 7) is 4.81. The van der Waals surface area contributed by atoms with Crippen LogP contribution in [0.25, 0.3) is 138 Å². The van der Waals surface area contributed by atoms with Gasteiger partial charge in [-0.15, -0.1) is 0 Å². The van der Waals surface area contributed by atoms with Gasteiger partial charge in [0.2, 0.25) is 0 Å². The Morgan fingerprint density at radius 2 is 0.607 bits per heavy atom.